The molecule has 0 aliphatic heterocycles. The summed E-state index contributed by atoms with van der Waals surface area (Å²) in [5.74, 6) is 0. The molecule has 0 atom stereocenters. The summed E-state index contributed by atoms with van der Waals surface area (Å²) in [4.78, 5) is 0. The summed E-state index contributed by atoms with van der Waals surface area (Å²) < 4.78 is 48.5. The summed E-state index contributed by atoms with van der Waals surface area (Å²) in [6, 6.07) is 0. The van der Waals surface area contributed by atoms with Crippen LogP contribution in [-0.2, 0) is 14.2 Å². The maximum absolute atomic E-state index is 11.5. The summed E-state index contributed by atoms with van der Waals surface area (Å²) in [6.07, 6.45) is -3.00. The minimum atomic E-state index is -4.27. The van der Waals surface area contributed by atoms with Crippen LogP contribution < -0.4 is 0 Å². The van der Waals surface area contributed by atoms with Crippen LogP contribution in [0.15, 0.2) is 12.8 Å². The van der Waals surface area contributed by atoms with Gasteiger partial charge in [-0.15, -0.1) is 0 Å². The lowest BCUT2D eigenvalue weighted by molar-refractivity contribution is -0.176. The Labute approximate surface area is 80.4 Å². The Bertz CT molecular complexity index is 147. The van der Waals surface area contributed by atoms with Crippen molar-refractivity contribution in [3.8, 4) is 0 Å². The Hall–Kier alpha value is -0.750. The van der Waals surface area contributed by atoms with Crippen molar-refractivity contribution in [1.29, 1.82) is 0 Å². The fourth-order valence-corrected chi connectivity index (χ4v) is 0.598. The fraction of sp³-hybridized carbons (Fsp3) is 0.750. The SMILES string of the molecule is C=COCCOCCOCC(F)(F)F. The molecule has 0 aromatic rings. The molecule has 0 saturated heterocycles. The average Bonchev–Trinajstić information content (AvgIpc) is 2.08. The molecular formula is C8H13F3O3. The Morgan fingerprint density at radius 2 is 1.57 bits per heavy atom. The maximum atomic E-state index is 11.5. The molecule has 0 rings (SSSR count). The predicted molar refractivity (Wildman–Crippen MR) is 43.8 cm³/mol. The van der Waals surface area contributed by atoms with Gasteiger partial charge < -0.3 is 14.2 Å². The first-order valence-corrected chi connectivity index (χ1v) is 4.01. The van der Waals surface area contributed by atoms with Crippen molar-refractivity contribution in [2.75, 3.05) is 33.0 Å². The number of alkyl halides is 3. The normalized spacial score (nSPS) is 11.4. The molecular weight excluding hydrogens is 201 g/mol. The summed E-state index contributed by atoms with van der Waals surface area (Å²) >= 11 is 0. The van der Waals surface area contributed by atoms with Gasteiger partial charge in [0.25, 0.3) is 0 Å². The first-order chi connectivity index (χ1) is 6.56. The minimum absolute atomic E-state index is 0.0758. The lowest BCUT2D eigenvalue weighted by Crippen LogP contribution is -2.19. The third kappa shape index (κ3) is 11.2. The number of halogens is 3. The van der Waals surface area contributed by atoms with Gasteiger partial charge in [-0.3, -0.25) is 0 Å². The molecule has 0 spiro atoms. The van der Waals surface area contributed by atoms with Crippen LogP contribution in [0.1, 0.15) is 0 Å². The summed E-state index contributed by atoms with van der Waals surface area (Å²) in [5.41, 5.74) is 0. The van der Waals surface area contributed by atoms with E-state index in [2.05, 4.69) is 11.3 Å². The molecule has 0 aliphatic rings. The van der Waals surface area contributed by atoms with Crippen LogP contribution in [-0.4, -0.2) is 39.2 Å². The van der Waals surface area contributed by atoms with Crippen LogP contribution in [0.2, 0.25) is 0 Å². The number of ether oxygens (including phenoxy) is 3. The summed E-state index contributed by atoms with van der Waals surface area (Å²) in [5, 5.41) is 0. The van der Waals surface area contributed by atoms with E-state index in [1.54, 1.807) is 0 Å². The van der Waals surface area contributed by atoms with E-state index in [1.165, 1.54) is 6.26 Å². The molecule has 0 saturated carbocycles. The second kappa shape index (κ2) is 7.64. The molecule has 0 fully saturated rings. The van der Waals surface area contributed by atoms with Crippen molar-refractivity contribution in [1.82, 2.24) is 0 Å². The highest BCUT2D eigenvalue weighted by Crippen LogP contribution is 2.13. The maximum Gasteiger partial charge on any atom is 0.411 e. The summed E-state index contributed by atoms with van der Waals surface area (Å²) in [6.45, 7) is 2.76. The van der Waals surface area contributed by atoms with Gasteiger partial charge >= 0.3 is 6.18 Å². The Balaban J connectivity index is 3.03. The molecule has 0 aromatic carbocycles. The molecule has 84 valence electrons. The van der Waals surface area contributed by atoms with E-state index in [0.717, 1.165) is 0 Å². The van der Waals surface area contributed by atoms with Crippen molar-refractivity contribution < 1.29 is 27.4 Å². The topological polar surface area (TPSA) is 27.7 Å². The molecule has 0 bridgehead atoms. The zero-order valence-electron chi connectivity index (χ0n) is 7.68. The molecule has 0 amide bonds. The van der Waals surface area contributed by atoms with Gasteiger partial charge in [0.1, 0.15) is 13.2 Å². The van der Waals surface area contributed by atoms with E-state index in [4.69, 9.17) is 9.47 Å². The number of hydrogen-bond acceptors (Lipinski definition) is 3. The predicted octanol–water partition coefficient (Wildman–Crippen LogP) is 1.74. The van der Waals surface area contributed by atoms with E-state index >= 15 is 0 Å². The van der Waals surface area contributed by atoms with Gasteiger partial charge in [-0.2, -0.15) is 13.2 Å². The fourth-order valence-electron chi connectivity index (χ4n) is 0.598. The quantitative estimate of drug-likeness (QED) is 0.455. The smallest absolute Gasteiger partial charge is 0.411 e. The van der Waals surface area contributed by atoms with Crippen LogP contribution >= 0.6 is 0 Å². The van der Waals surface area contributed by atoms with E-state index in [9.17, 15) is 13.2 Å². The molecule has 0 aromatic heterocycles. The zero-order chi connectivity index (χ0) is 10.9. The average molecular weight is 214 g/mol. The second-order valence-corrected chi connectivity index (χ2v) is 2.32. The first-order valence-electron chi connectivity index (χ1n) is 4.01. The van der Waals surface area contributed by atoms with E-state index < -0.39 is 12.8 Å². The van der Waals surface area contributed by atoms with Crippen LogP contribution in [0, 0.1) is 0 Å². The third-order valence-electron chi connectivity index (χ3n) is 1.10. The van der Waals surface area contributed by atoms with Crippen LogP contribution in [0.3, 0.4) is 0 Å². The van der Waals surface area contributed by atoms with Gasteiger partial charge in [0.2, 0.25) is 0 Å². The summed E-state index contributed by atoms with van der Waals surface area (Å²) in [7, 11) is 0. The lowest BCUT2D eigenvalue weighted by atomic mass is 10.7. The highest BCUT2D eigenvalue weighted by molar-refractivity contribution is 4.48. The largest absolute Gasteiger partial charge is 0.499 e. The molecule has 0 radical (unpaired) electrons. The van der Waals surface area contributed by atoms with E-state index in [-0.39, 0.29) is 13.2 Å². The van der Waals surface area contributed by atoms with Crippen molar-refractivity contribution in [3.63, 3.8) is 0 Å². The molecule has 6 heteroatoms. The van der Waals surface area contributed by atoms with Gasteiger partial charge in [-0.1, -0.05) is 6.58 Å². The molecule has 0 N–H and O–H groups in total. The van der Waals surface area contributed by atoms with Crippen LogP contribution in [0.4, 0.5) is 13.2 Å². The molecule has 14 heavy (non-hydrogen) atoms. The van der Waals surface area contributed by atoms with E-state index in [1.807, 2.05) is 0 Å². The standard InChI is InChI=1S/C8H13F3O3/c1-2-12-3-4-13-5-6-14-7-8(9,10)11/h2H,1,3-7H2. The van der Waals surface area contributed by atoms with Gasteiger partial charge in [0.15, 0.2) is 0 Å². The van der Waals surface area contributed by atoms with E-state index in [0.29, 0.717) is 13.2 Å². The van der Waals surface area contributed by atoms with Gasteiger partial charge in [-0.25, -0.2) is 0 Å². The third-order valence-corrected chi connectivity index (χ3v) is 1.10. The van der Waals surface area contributed by atoms with Crippen molar-refractivity contribution >= 4 is 0 Å². The van der Waals surface area contributed by atoms with Gasteiger partial charge in [0, 0.05) is 0 Å². The molecule has 0 aliphatic carbocycles. The second-order valence-electron chi connectivity index (χ2n) is 2.32. The van der Waals surface area contributed by atoms with Crippen LogP contribution in [0.25, 0.3) is 0 Å². The van der Waals surface area contributed by atoms with Gasteiger partial charge in [-0.05, 0) is 0 Å². The van der Waals surface area contributed by atoms with Gasteiger partial charge in [0.05, 0.1) is 26.1 Å². The number of rotatable bonds is 8. The van der Waals surface area contributed by atoms with Crippen LogP contribution in [0.5, 0.6) is 0 Å². The lowest BCUT2D eigenvalue weighted by Gasteiger charge is -2.07. The highest BCUT2D eigenvalue weighted by Gasteiger charge is 2.27. The van der Waals surface area contributed by atoms with Crippen molar-refractivity contribution in [2.45, 2.75) is 6.18 Å². The molecule has 0 unspecified atom stereocenters. The highest BCUT2D eigenvalue weighted by atomic mass is 19.4. The first kappa shape index (κ1) is 13.2. The van der Waals surface area contributed by atoms with Crippen molar-refractivity contribution in [3.05, 3.63) is 12.8 Å². The molecule has 3 nitrogen and oxygen atoms in total. The number of hydrogen-bond donors (Lipinski definition) is 0. The van der Waals surface area contributed by atoms with Crippen molar-refractivity contribution in [2.24, 2.45) is 0 Å². The Morgan fingerprint density at radius 3 is 2.14 bits per heavy atom. The Kier molecular flexibility index (Phi) is 7.23. The monoisotopic (exact) mass is 214 g/mol. The minimum Gasteiger partial charge on any atom is -0.499 e. The zero-order valence-corrected chi connectivity index (χ0v) is 7.68. The Morgan fingerprint density at radius 1 is 1.00 bits per heavy atom. The molecule has 0 heterocycles.